The van der Waals surface area contributed by atoms with Crippen molar-refractivity contribution in [2.45, 2.75) is 43.3 Å². The molecule has 2 atom stereocenters. The van der Waals surface area contributed by atoms with Crippen LogP contribution in [-0.2, 0) is 11.3 Å². The number of nitrogens with zero attached hydrogens (tertiary/aromatic N) is 3. The first kappa shape index (κ1) is 17.8. The molecule has 3 fully saturated rings. The second-order valence-corrected chi connectivity index (χ2v) is 8.55. The van der Waals surface area contributed by atoms with Gasteiger partial charge in [-0.2, -0.15) is 0 Å². The number of likely N-dealkylation sites (tertiary alicyclic amines) is 2. The van der Waals surface area contributed by atoms with E-state index in [0.717, 1.165) is 38.0 Å². The van der Waals surface area contributed by atoms with E-state index in [1.54, 1.807) is 6.20 Å². The summed E-state index contributed by atoms with van der Waals surface area (Å²) in [6.07, 6.45) is 6.95. The van der Waals surface area contributed by atoms with Crippen LogP contribution in [0.4, 0.5) is 0 Å². The van der Waals surface area contributed by atoms with Crippen LogP contribution in [0, 0.1) is 5.92 Å². The van der Waals surface area contributed by atoms with Crippen LogP contribution in [0.2, 0.25) is 0 Å². The summed E-state index contributed by atoms with van der Waals surface area (Å²) in [5.41, 5.74) is 2.33. The van der Waals surface area contributed by atoms with Crippen LogP contribution in [0.25, 0.3) is 0 Å². The highest BCUT2D eigenvalue weighted by atomic mass is 16.3. The smallest absolute Gasteiger partial charge is 0.225 e. The highest BCUT2D eigenvalue weighted by molar-refractivity contribution is 5.81. The van der Waals surface area contributed by atoms with Crippen molar-refractivity contribution in [3.05, 3.63) is 66.0 Å². The van der Waals surface area contributed by atoms with Crippen LogP contribution < -0.4 is 0 Å². The van der Waals surface area contributed by atoms with Crippen molar-refractivity contribution in [2.75, 3.05) is 19.7 Å². The van der Waals surface area contributed by atoms with Gasteiger partial charge in [-0.25, -0.2) is 0 Å². The number of benzene rings is 1. The van der Waals surface area contributed by atoms with Gasteiger partial charge in [0.25, 0.3) is 0 Å². The number of pyridine rings is 1. The lowest BCUT2D eigenvalue weighted by molar-refractivity contribution is -0.203. The number of aromatic nitrogens is 1. The van der Waals surface area contributed by atoms with Gasteiger partial charge in [-0.15, -0.1) is 0 Å². The molecule has 0 unspecified atom stereocenters. The molecule has 5 heteroatoms. The molecular formula is C23H27N3O2. The summed E-state index contributed by atoms with van der Waals surface area (Å²) in [5, 5.41) is 10.2. The minimum absolute atomic E-state index is 0.0727. The molecule has 2 saturated heterocycles. The standard InChI is InChI=1S/C23H27N3O2/c27-14-20-21(18-7-2-1-3-8-18)23(26(20)13-17-6-5-11-24-12-17)15-25(16-23)22(28)19-9-4-10-19/h1-3,5-8,11-12,19-21,27H,4,9-10,13-16H2/t20-,21-/m1/s1. The van der Waals surface area contributed by atoms with E-state index >= 15 is 0 Å². The maximum atomic E-state index is 12.7. The van der Waals surface area contributed by atoms with Gasteiger partial charge in [0.1, 0.15) is 0 Å². The lowest BCUT2D eigenvalue weighted by Crippen LogP contribution is -2.84. The van der Waals surface area contributed by atoms with Gasteiger partial charge < -0.3 is 10.0 Å². The number of aliphatic hydroxyl groups excluding tert-OH is 1. The molecule has 146 valence electrons. The van der Waals surface area contributed by atoms with E-state index in [0.29, 0.717) is 5.91 Å². The molecule has 1 aromatic heterocycles. The Labute approximate surface area is 166 Å². The first-order chi connectivity index (χ1) is 13.7. The van der Waals surface area contributed by atoms with E-state index in [-0.39, 0.29) is 30.0 Å². The Balaban J connectivity index is 1.42. The van der Waals surface area contributed by atoms with Crippen LogP contribution in [0.15, 0.2) is 54.9 Å². The molecule has 1 spiro atoms. The average Bonchev–Trinajstić information content (AvgIpc) is 2.64. The lowest BCUT2D eigenvalue weighted by Gasteiger charge is -2.71. The van der Waals surface area contributed by atoms with Gasteiger partial charge >= 0.3 is 0 Å². The number of rotatable bonds is 5. The molecular weight excluding hydrogens is 350 g/mol. The van der Waals surface area contributed by atoms with E-state index in [1.165, 1.54) is 12.0 Å². The fourth-order valence-corrected chi connectivity index (χ4v) is 5.39. The summed E-state index contributed by atoms with van der Waals surface area (Å²) in [5.74, 6) is 0.825. The van der Waals surface area contributed by atoms with Crippen molar-refractivity contribution in [3.63, 3.8) is 0 Å². The van der Waals surface area contributed by atoms with Gasteiger partial charge in [-0.05, 0) is 30.0 Å². The molecule has 3 heterocycles. The third kappa shape index (κ3) is 2.68. The first-order valence-corrected chi connectivity index (χ1v) is 10.3. The summed E-state index contributed by atoms with van der Waals surface area (Å²) in [6, 6.07) is 14.6. The van der Waals surface area contributed by atoms with E-state index in [1.807, 2.05) is 23.2 Å². The quantitative estimate of drug-likeness (QED) is 0.870. The molecule has 2 aliphatic heterocycles. The molecule has 3 aliphatic rings. The van der Waals surface area contributed by atoms with Gasteiger partial charge in [0.2, 0.25) is 5.91 Å². The molecule has 1 amide bonds. The van der Waals surface area contributed by atoms with Crippen LogP contribution in [0.1, 0.15) is 36.3 Å². The molecule has 0 bridgehead atoms. The van der Waals surface area contributed by atoms with Gasteiger partial charge in [0, 0.05) is 49.9 Å². The van der Waals surface area contributed by atoms with Crippen LogP contribution in [-0.4, -0.2) is 57.1 Å². The molecule has 1 saturated carbocycles. The molecule has 1 aromatic carbocycles. The minimum Gasteiger partial charge on any atom is -0.395 e. The fraction of sp³-hybridized carbons (Fsp3) is 0.478. The van der Waals surface area contributed by atoms with E-state index in [9.17, 15) is 9.90 Å². The monoisotopic (exact) mass is 377 g/mol. The summed E-state index contributed by atoms with van der Waals surface area (Å²) >= 11 is 0. The SMILES string of the molecule is O=C(C1CCC1)N1CC2(C1)[C@H](c1ccccc1)[C@@H](CO)N2Cc1cccnc1. The van der Waals surface area contributed by atoms with Crippen molar-refractivity contribution in [1.82, 2.24) is 14.8 Å². The van der Waals surface area contributed by atoms with Crippen LogP contribution in [0.3, 0.4) is 0 Å². The van der Waals surface area contributed by atoms with Gasteiger partial charge in [0.15, 0.2) is 0 Å². The largest absolute Gasteiger partial charge is 0.395 e. The Morgan fingerprint density at radius 2 is 1.93 bits per heavy atom. The van der Waals surface area contributed by atoms with E-state index in [4.69, 9.17) is 0 Å². The Bertz CT molecular complexity index is 831. The summed E-state index contributed by atoms with van der Waals surface area (Å²) < 4.78 is 0. The zero-order chi connectivity index (χ0) is 19.1. The third-order valence-electron chi connectivity index (χ3n) is 7.05. The summed E-state index contributed by atoms with van der Waals surface area (Å²) in [6.45, 7) is 2.41. The molecule has 1 aliphatic carbocycles. The number of carbonyl (C=O) groups excluding carboxylic acids is 1. The maximum absolute atomic E-state index is 12.7. The van der Waals surface area contributed by atoms with Crippen LogP contribution in [0.5, 0.6) is 0 Å². The molecule has 28 heavy (non-hydrogen) atoms. The number of hydrogen-bond donors (Lipinski definition) is 1. The first-order valence-electron chi connectivity index (χ1n) is 10.3. The number of carbonyl (C=O) groups is 1. The van der Waals surface area contributed by atoms with Crippen LogP contribution >= 0.6 is 0 Å². The normalized spacial score (nSPS) is 26.4. The lowest BCUT2D eigenvalue weighted by atomic mass is 9.60. The summed E-state index contributed by atoms with van der Waals surface area (Å²) in [7, 11) is 0. The Kier molecular flexibility index (Phi) is 4.44. The molecule has 2 aromatic rings. The predicted molar refractivity (Wildman–Crippen MR) is 106 cm³/mol. The predicted octanol–water partition coefficient (Wildman–Crippen LogP) is 2.42. The Hall–Kier alpha value is -2.24. The number of amides is 1. The van der Waals surface area contributed by atoms with Gasteiger partial charge in [-0.1, -0.05) is 42.8 Å². The number of hydrogen-bond acceptors (Lipinski definition) is 4. The average molecular weight is 377 g/mol. The minimum atomic E-state index is -0.0794. The molecule has 0 radical (unpaired) electrons. The second-order valence-electron chi connectivity index (χ2n) is 8.55. The van der Waals surface area contributed by atoms with Crippen molar-refractivity contribution in [3.8, 4) is 0 Å². The van der Waals surface area contributed by atoms with E-state index in [2.05, 4.69) is 40.2 Å². The highest BCUT2D eigenvalue weighted by Crippen LogP contribution is 2.54. The van der Waals surface area contributed by atoms with Crippen molar-refractivity contribution in [2.24, 2.45) is 5.92 Å². The van der Waals surface area contributed by atoms with Gasteiger partial charge in [0.05, 0.1) is 12.1 Å². The molecule has 5 nitrogen and oxygen atoms in total. The zero-order valence-corrected chi connectivity index (χ0v) is 16.1. The molecule has 1 N–H and O–H groups in total. The highest BCUT2D eigenvalue weighted by Gasteiger charge is 2.66. The third-order valence-corrected chi connectivity index (χ3v) is 7.05. The maximum Gasteiger partial charge on any atom is 0.225 e. The van der Waals surface area contributed by atoms with E-state index < -0.39 is 0 Å². The van der Waals surface area contributed by atoms with Crippen molar-refractivity contribution >= 4 is 5.91 Å². The number of aliphatic hydroxyl groups is 1. The van der Waals surface area contributed by atoms with Crippen molar-refractivity contribution in [1.29, 1.82) is 0 Å². The molecule has 5 rings (SSSR count). The Morgan fingerprint density at radius 1 is 1.14 bits per heavy atom. The fourth-order valence-electron chi connectivity index (χ4n) is 5.39. The Morgan fingerprint density at radius 3 is 2.54 bits per heavy atom. The van der Waals surface area contributed by atoms with Crippen molar-refractivity contribution < 1.29 is 9.90 Å². The topological polar surface area (TPSA) is 56.7 Å². The second kappa shape index (κ2) is 6.98. The van der Waals surface area contributed by atoms with Gasteiger partial charge in [-0.3, -0.25) is 14.7 Å². The zero-order valence-electron chi connectivity index (χ0n) is 16.1. The summed E-state index contributed by atoms with van der Waals surface area (Å²) in [4.78, 5) is 21.4.